The van der Waals surface area contributed by atoms with E-state index in [1.165, 1.54) is 23.1 Å². The van der Waals surface area contributed by atoms with Crippen LogP contribution in [-0.2, 0) is 14.4 Å². The number of thioether (sulfide) groups is 1. The zero-order chi connectivity index (χ0) is 24.2. The quantitative estimate of drug-likeness (QED) is 0.302. The number of allylic oxidation sites excluding steroid dienone is 2. The maximum Gasteiger partial charge on any atom is 0.307 e. The van der Waals surface area contributed by atoms with Crippen molar-refractivity contribution < 1.29 is 19.5 Å². The van der Waals surface area contributed by atoms with Crippen molar-refractivity contribution in [3.8, 4) is 0 Å². The second kappa shape index (κ2) is 10.4. The van der Waals surface area contributed by atoms with Crippen molar-refractivity contribution >= 4 is 61.9 Å². The molecule has 0 bridgehead atoms. The number of rotatable bonds is 7. The largest absolute Gasteiger partial charge is 0.481 e. The van der Waals surface area contributed by atoms with Crippen LogP contribution in [0.1, 0.15) is 25.3 Å². The molecule has 1 aromatic heterocycles. The molecule has 7 nitrogen and oxygen atoms in total. The molecule has 2 aromatic carbocycles. The molecule has 0 radical (unpaired) electrons. The molecule has 0 spiro atoms. The first-order valence-electron chi connectivity index (χ1n) is 10.9. The van der Waals surface area contributed by atoms with Crippen LogP contribution in [0.2, 0.25) is 0 Å². The summed E-state index contributed by atoms with van der Waals surface area (Å²) in [6.45, 7) is 3.85. The minimum absolute atomic E-state index is 0.136. The first-order valence-corrected chi connectivity index (χ1v) is 12.6. The van der Waals surface area contributed by atoms with E-state index in [4.69, 9.17) is 0 Å². The maximum atomic E-state index is 12.7. The Bertz CT molecular complexity index is 1250. The van der Waals surface area contributed by atoms with Crippen LogP contribution in [0.25, 0.3) is 10.2 Å². The second-order valence-corrected chi connectivity index (χ2v) is 10.7. The lowest BCUT2D eigenvalue weighted by molar-refractivity contribution is -0.146. The average Bonchev–Trinajstić information content (AvgIpc) is 3.21. The van der Waals surface area contributed by atoms with Gasteiger partial charge in [-0.3, -0.25) is 14.4 Å². The van der Waals surface area contributed by atoms with Crippen LogP contribution in [0.4, 0.5) is 10.8 Å². The average molecular weight is 496 g/mol. The third-order valence-corrected chi connectivity index (χ3v) is 7.71. The number of nitrogens with zero attached hydrogens (tertiary/aromatic N) is 1. The van der Waals surface area contributed by atoms with Crippen LogP contribution < -0.4 is 10.6 Å². The van der Waals surface area contributed by atoms with Crippen LogP contribution in [0.5, 0.6) is 0 Å². The fraction of sp³-hybridized carbons (Fsp3) is 0.280. The van der Waals surface area contributed by atoms with Gasteiger partial charge >= 0.3 is 5.97 Å². The Morgan fingerprint density at radius 3 is 2.47 bits per heavy atom. The highest BCUT2D eigenvalue weighted by molar-refractivity contribution is 8.00. The van der Waals surface area contributed by atoms with Crippen molar-refractivity contribution in [1.29, 1.82) is 0 Å². The topological polar surface area (TPSA) is 108 Å². The second-order valence-electron chi connectivity index (χ2n) is 8.25. The van der Waals surface area contributed by atoms with Crippen molar-refractivity contribution in [2.75, 3.05) is 10.6 Å². The van der Waals surface area contributed by atoms with Gasteiger partial charge in [0.15, 0.2) is 5.13 Å². The van der Waals surface area contributed by atoms with E-state index in [-0.39, 0.29) is 17.1 Å². The first-order chi connectivity index (χ1) is 16.3. The molecule has 1 heterocycles. The zero-order valence-electron chi connectivity index (χ0n) is 18.8. The van der Waals surface area contributed by atoms with Crippen LogP contribution in [0, 0.1) is 18.8 Å². The summed E-state index contributed by atoms with van der Waals surface area (Å²) in [5, 5.41) is 15.3. The lowest BCUT2D eigenvalue weighted by Crippen LogP contribution is -2.34. The minimum atomic E-state index is -0.954. The first kappa shape index (κ1) is 24.0. The number of anilines is 2. The number of amides is 2. The molecule has 0 aliphatic heterocycles. The number of carboxylic acids is 1. The Balaban J connectivity index is 1.33. The van der Waals surface area contributed by atoms with E-state index in [1.54, 1.807) is 12.1 Å². The minimum Gasteiger partial charge on any atom is -0.481 e. The number of nitrogens with one attached hydrogen (secondary N) is 2. The summed E-state index contributed by atoms with van der Waals surface area (Å²) < 4.78 is 1.03. The van der Waals surface area contributed by atoms with Crippen LogP contribution in [0.15, 0.2) is 59.5 Å². The van der Waals surface area contributed by atoms with Crippen LogP contribution in [0.3, 0.4) is 0 Å². The fourth-order valence-corrected chi connectivity index (χ4v) is 5.61. The monoisotopic (exact) mass is 495 g/mol. The van der Waals surface area contributed by atoms with E-state index in [9.17, 15) is 19.5 Å². The molecule has 0 saturated heterocycles. The molecule has 0 saturated carbocycles. The molecule has 2 amide bonds. The molecule has 4 rings (SSSR count). The number of hydrogen-bond donors (Lipinski definition) is 3. The Kier molecular flexibility index (Phi) is 7.33. The number of aryl methyl sites for hydroxylation is 1. The van der Waals surface area contributed by atoms with Gasteiger partial charge in [-0.15, -0.1) is 11.8 Å². The molecule has 3 atom stereocenters. The number of carbonyl (C=O) groups is 3. The Hall–Kier alpha value is -3.17. The van der Waals surface area contributed by atoms with Crippen molar-refractivity contribution in [2.45, 2.75) is 36.8 Å². The van der Waals surface area contributed by atoms with E-state index in [0.717, 1.165) is 20.7 Å². The lowest BCUT2D eigenvalue weighted by Gasteiger charge is -2.24. The maximum absolute atomic E-state index is 12.7. The van der Waals surface area contributed by atoms with E-state index < -0.39 is 17.8 Å². The van der Waals surface area contributed by atoms with E-state index in [2.05, 4.69) is 15.6 Å². The Morgan fingerprint density at radius 1 is 1.06 bits per heavy atom. The highest BCUT2D eigenvalue weighted by Crippen LogP contribution is 2.30. The molecule has 3 unspecified atom stereocenters. The summed E-state index contributed by atoms with van der Waals surface area (Å²) in [6.07, 6.45) is 4.44. The normalized spacial score (nSPS) is 18.4. The van der Waals surface area contributed by atoms with Gasteiger partial charge in [0.2, 0.25) is 11.8 Å². The molecule has 1 aliphatic rings. The van der Waals surface area contributed by atoms with E-state index in [0.29, 0.717) is 23.7 Å². The van der Waals surface area contributed by atoms with E-state index >= 15 is 0 Å². The van der Waals surface area contributed by atoms with Crippen molar-refractivity contribution in [1.82, 2.24) is 4.98 Å². The fourth-order valence-electron chi connectivity index (χ4n) is 3.78. The molecule has 1 aliphatic carbocycles. The molecule has 34 heavy (non-hydrogen) atoms. The number of carboxylic acid groups (broad SMARTS) is 1. The summed E-state index contributed by atoms with van der Waals surface area (Å²) in [7, 11) is 0. The van der Waals surface area contributed by atoms with Gasteiger partial charge in [-0.05, 0) is 68.7 Å². The van der Waals surface area contributed by atoms with Crippen molar-refractivity contribution in [3.63, 3.8) is 0 Å². The Morgan fingerprint density at radius 2 is 1.76 bits per heavy atom. The number of fused-ring (bicyclic) bond motifs is 1. The van der Waals surface area contributed by atoms with Gasteiger partial charge in [0.25, 0.3) is 0 Å². The van der Waals surface area contributed by atoms with Crippen LogP contribution >= 0.6 is 23.1 Å². The van der Waals surface area contributed by atoms with E-state index in [1.807, 2.05) is 56.3 Å². The standard InChI is InChI=1S/C25H25N3O4S2/c1-14-7-12-20-21(13-14)34-25(27-20)28-22(29)15(2)33-17-10-8-16(9-11-17)26-23(30)18-5-3-4-6-19(18)24(31)32/h3-4,7-13,15,18-19H,5-6H2,1-2H3,(H,26,30)(H,31,32)(H,27,28,29). The lowest BCUT2D eigenvalue weighted by atomic mass is 9.82. The molecule has 3 aromatic rings. The van der Waals surface area contributed by atoms with Crippen molar-refractivity contribution in [2.24, 2.45) is 11.8 Å². The predicted molar refractivity (Wildman–Crippen MR) is 136 cm³/mol. The van der Waals surface area contributed by atoms with Gasteiger partial charge in [0.1, 0.15) is 0 Å². The molecular weight excluding hydrogens is 470 g/mol. The predicted octanol–water partition coefficient (Wildman–Crippen LogP) is 5.33. The number of aromatic nitrogens is 1. The number of benzene rings is 2. The van der Waals surface area contributed by atoms with Crippen LogP contribution in [-0.4, -0.2) is 33.1 Å². The zero-order valence-corrected chi connectivity index (χ0v) is 20.4. The molecule has 0 fully saturated rings. The van der Waals surface area contributed by atoms with Gasteiger partial charge in [-0.2, -0.15) is 0 Å². The third kappa shape index (κ3) is 5.66. The summed E-state index contributed by atoms with van der Waals surface area (Å²) in [5.74, 6) is -2.69. The van der Waals surface area contributed by atoms with Gasteiger partial charge in [0.05, 0.1) is 27.3 Å². The number of thiazole rings is 1. The smallest absolute Gasteiger partial charge is 0.307 e. The third-order valence-electron chi connectivity index (χ3n) is 5.66. The SMILES string of the molecule is Cc1ccc2nc(NC(=O)C(C)Sc3ccc(NC(=O)C4CC=CCC4C(=O)O)cc3)sc2c1. The summed E-state index contributed by atoms with van der Waals surface area (Å²) >= 11 is 2.86. The number of hydrogen-bond acceptors (Lipinski definition) is 6. The summed E-state index contributed by atoms with van der Waals surface area (Å²) in [6, 6.07) is 13.2. The number of aliphatic carboxylic acids is 1. The van der Waals surface area contributed by atoms with Gasteiger partial charge in [-0.25, -0.2) is 4.98 Å². The summed E-state index contributed by atoms with van der Waals surface area (Å²) in [5.41, 5.74) is 2.60. The van der Waals surface area contributed by atoms with Crippen molar-refractivity contribution in [3.05, 3.63) is 60.2 Å². The molecule has 176 valence electrons. The van der Waals surface area contributed by atoms with Gasteiger partial charge in [0, 0.05) is 10.6 Å². The molecular formula is C25H25N3O4S2. The number of carbonyl (C=O) groups excluding carboxylic acids is 2. The van der Waals surface area contributed by atoms with Gasteiger partial charge < -0.3 is 15.7 Å². The summed E-state index contributed by atoms with van der Waals surface area (Å²) in [4.78, 5) is 42.1. The Labute approximate surface area is 205 Å². The highest BCUT2D eigenvalue weighted by atomic mass is 32.2. The van der Waals surface area contributed by atoms with Gasteiger partial charge in [-0.1, -0.05) is 29.6 Å². The highest BCUT2D eigenvalue weighted by Gasteiger charge is 2.33. The molecule has 3 N–H and O–H groups in total. The molecule has 9 heteroatoms.